The molecule has 3 rings (SSSR count). The molecule has 3 fully saturated rings. The van der Waals surface area contributed by atoms with E-state index in [-0.39, 0.29) is 0 Å². The average molecular weight is 250 g/mol. The zero-order valence-corrected chi connectivity index (χ0v) is 12.3. The number of rotatable bonds is 3. The second kappa shape index (κ2) is 4.79. The number of piperidine rings is 1. The molecular weight excluding hydrogens is 220 g/mol. The highest BCUT2D eigenvalue weighted by Gasteiger charge is 2.43. The van der Waals surface area contributed by atoms with Gasteiger partial charge in [-0.3, -0.25) is 0 Å². The molecule has 2 heteroatoms. The topological polar surface area (TPSA) is 24.1 Å². The zero-order valence-electron chi connectivity index (χ0n) is 12.3. The monoisotopic (exact) mass is 250 g/mol. The van der Waals surface area contributed by atoms with Crippen LogP contribution in [0.1, 0.15) is 52.9 Å². The average Bonchev–Trinajstić information content (AvgIpc) is 2.93. The van der Waals surface area contributed by atoms with E-state index in [1.165, 1.54) is 38.6 Å². The Morgan fingerprint density at radius 3 is 2.61 bits per heavy atom. The lowest BCUT2D eigenvalue weighted by molar-refractivity contribution is 0.146. The summed E-state index contributed by atoms with van der Waals surface area (Å²) in [5.41, 5.74) is 0.407. The summed E-state index contributed by atoms with van der Waals surface area (Å²) in [7, 11) is 0. The molecule has 1 heterocycles. The maximum absolute atomic E-state index is 4.00. The van der Waals surface area contributed by atoms with Gasteiger partial charge in [-0.2, -0.15) is 0 Å². The summed E-state index contributed by atoms with van der Waals surface area (Å²) in [5, 5.41) is 7.53. The molecule has 0 spiro atoms. The molecule has 2 N–H and O–H groups in total. The van der Waals surface area contributed by atoms with Crippen molar-refractivity contribution in [2.75, 3.05) is 13.1 Å². The second-order valence-electron chi connectivity index (χ2n) is 7.80. The summed E-state index contributed by atoms with van der Waals surface area (Å²) in [6.07, 6.45) is 7.36. The standard InChI is InChI=1S/C16H30N2/c1-11(14-9-12-4-5-13(14)8-12)18-15-6-7-17-10-16(15,2)3/h11-15,17-18H,4-10H2,1-3H3. The van der Waals surface area contributed by atoms with Crippen molar-refractivity contribution in [3.63, 3.8) is 0 Å². The normalized spacial score (nSPS) is 44.2. The Bertz CT molecular complexity index is 299. The summed E-state index contributed by atoms with van der Waals surface area (Å²) in [6, 6.07) is 1.43. The first kappa shape index (κ1) is 12.9. The third kappa shape index (κ3) is 2.34. The van der Waals surface area contributed by atoms with Crippen LogP contribution in [0.25, 0.3) is 0 Å². The Labute approximate surface area is 112 Å². The molecule has 2 aliphatic carbocycles. The first-order chi connectivity index (χ1) is 8.56. The summed E-state index contributed by atoms with van der Waals surface area (Å²) < 4.78 is 0. The molecule has 5 atom stereocenters. The Kier molecular flexibility index (Phi) is 3.44. The van der Waals surface area contributed by atoms with Crippen molar-refractivity contribution in [3.8, 4) is 0 Å². The predicted molar refractivity (Wildman–Crippen MR) is 76.6 cm³/mol. The smallest absolute Gasteiger partial charge is 0.0145 e. The highest BCUT2D eigenvalue weighted by Crippen LogP contribution is 2.49. The fourth-order valence-electron chi connectivity index (χ4n) is 4.83. The molecule has 0 aromatic carbocycles. The SMILES string of the molecule is CC(NC1CCNCC1(C)C)C1CC2CCC1C2. The van der Waals surface area contributed by atoms with E-state index in [1.807, 2.05) is 0 Å². The first-order valence-corrected chi connectivity index (χ1v) is 8.03. The van der Waals surface area contributed by atoms with E-state index in [2.05, 4.69) is 31.4 Å². The maximum atomic E-state index is 4.00. The molecule has 0 aromatic heterocycles. The van der Waals surface area contributed by atoms with Crippen molar-refractivity contribution < 1.29 is 0 Å². The fraction of sp³-hybridized carbons (Fsp3) is 1.00. The lowest BCUT2D eigenvalue weighted by atomic mass is 9.78. The van der Waals surface area contributed by atoms with Crippen LogP contribution in [0.4, 0.5) is 0 Å². The molecule has 5 unspecified atom stereocenters. The van der Waals surface area contributed by atoms with Crippen molar-refractivity contribution in [1.29, 1.82) is 0 Å². The third-order valence-corrected chi connectivity index (χ3v) is 6.03. The third-order valence-electron chi connectivity index (χ3n) is 6.03. The molecule has 2 saturated carbocycles. The predicted octanol–water partition coefficient (Wildman–Crippen LogP) is 2.79. The minimum atomic E-state index is 0.407. The molecule has 2 bridgehead atoms. The Morgan fingerprint density at radius 1 is 1.17 bits per heavy atom. The van der Waals surface area contributed by atoms with Crippen molar-refractivity contribution in [1.82, 2.24) is 10.6 Å². The Morgan fingerprint density at radius 2 is 2.00 bits per heavy atom. The van der Waals surface area contributed by atoms with Gasteiger partial charge < -0.3 is 10.6 Å². The van der Waals surface area contributed by atoms with Crippen molar-refractivity contribution in [2.24, 2.45) is 23.2 Å². The number of fused-ring (bicyclic) bond motifs is 2. The van der Waals surface area contributed by atoms with Gasteiger partial charge in [-0.15, -0.1) is 0 Å². The largest absolute Gasteiger partial charge is 0.316 e. The van der Waals surface area contributed by atoms with Crippen LogP contribution in [0.2, 0.25) is 0 Å². The van der Waals surface area contributed by atoms with Gasteiger partial charge in [0.15, 0.2) is 0 Å². The van der Waals surface area contributed by atoms with Crippen molar-refractivity contribution in [2.45, 2.75) is 65.0 Å². The quantitative estimate of drug-likeness (QED) is 0.805. The lowest BCUT2D eigenvalue weighted by Crippen LogP contribution is -2.56. The molecule has 2 nitrogen and oxygen atoms in total. The highest BCUT2D eigenvalue weighted by molar-refractivity contribution is 4.97. The minimum absolute atomic E-state index is 0.407. The summed E-state index contributed by atoms with van der Waals surface area (Å²) >= 11 is 0. The van der Waals surface area contributed by atoms with Gasteiger partial charge in [-0.25, -0.2) is 0 Å². The van der Waals surface area contributed by atoms with E-state index in [1.54, 1.807) is 0 Å². The van der Waals surface area contributed by atoms with Crippen LogP contribution in [-0.4, -0.2) is 25.2 Å². The Balaban J connectivity index is 1.58. The molecule has 0 amide bonds. The van der Waals surface area contributed by atoms with E-state index < -0.39 is 0 Å². The highest BCUT2D eigenvalue weighted by atomic mass is 15.0. The van der Waals surface area contributed by atoms with Gasteiger partial charge >= 0.3 is 0 Å². The zero-order chi connectivity index (χ0) is 12.8. The molecule has 104 valence electrons. The van der Waals surface area contributed by atoms with Crippen LogP contribution in [0, 0.1) is 23.2 Å². The van der Waals surface area contributed by atoms with Crippen LogP contribution in [0.3, 0.4) is 0 Å². The van der Waals surface area contributed by atoms with Gasteiger partial charge in [-0.1, -0.05) is 20.3 Å². The van der Waals surface area contributed by atoms with E-state index in [9.17, 15) is 0 Å². The summed E-state index contributed by atoms with van der Waals surface area (Å²) in [4.78, 5) is 0. The van der Waals surface area contributed by atoms with E-state index in [0.29, 0.717) is 11.5 Å². The molecule has 18 heavy (non-hydrogen) atoms. The van der Waals surface area contributed by atoms with Gasteiger partial charge in [0.25, 0.3) is 0 Å². The van der Waals surface area contributed by atoms with Gasteiger partial charge in [0.05, 0.1) is 0 Å². The second-order valence-corrected chi connectivity index (χ2v) is 7.80. The van der Waals surface area contributed by atoms with Crippen molar-refractivity contribution >= 4 is 0 Å². The summed E-state index contributed by atoms with van der Waals surface area (Å²) in [6.45, 7) is 9.61. The number of nitrogens with one attached hydrogen (secondary N) is 2. The van der Waals surface area contributed by atoms with Gasteiger partial charge in [0.2, 0.25) is 0 Å². The minimum Gasteiger partial charge on any atom is -0.316 e. The molecule has 1 aliphatic heterocycles. The van der Waals surface area contributed by atoms with Gasteiger partial charge in [0, 0.05) is 18.6 Å². The number of hydrogen-bond acceptors (Lipinski definition) is 2. The van der Waals surface area contributed by atoms with Crippen molar-refractivity contribution in [3.05, 3.63) is 0 Å². The maximum Gasteiger partial charge on any atom is 0.0145 e. The summed E-state index contributed by atoms with van der Waals surface area (Å²) in [5.74, 6) is 3.09. The first-order valence-electron chi connectivity index (χ1n) is 8.03. The van der Waals surface area contributed by atoms with Crippen LogP contribution < -0.4 is 10.6 Å². The van der Waals surface area contributed by atoms with E-state index in [0.717, 1.165) is 30.3 Å². The lowest BCUT2D eigenvalue weighted by Gasteiger charge is -2.43. The molecule has 0 aromatic rings. The van der Waals surface area contributed by atoms with Crippen LogP contribution >= 0.6 is 0 Å². The molecule has 0 radical (unpaired) electrons. The van der Waals surface area contributed by atoms with E-state index >= 15 is 0 Å². The molecular formula is C16H30N2. The van der Waals surface area contributed by atoms with Crippen LogP contribution in [0.15, 0.2) is 0 Å². The fourth-order valence-corrected chi connectivity index (χ4v) is 4.83. The van der Waals surface area contributed by atoms with Crippen LogP contribution in [0.5, 0.6) is 0 Å². The van der Waals surface area contributed by atoms with E-state index in [4.69, 9.17) is 0 Å². The molecule has 3 aliphatic rings. The van der Waals surface area contributed by atoms with Gasteiger partial charge in [-0.05, 0) is 62.3 Å². The van der Waals surface area contributed by atoms with Crippen LogP contribution in [-0.2, 0) is 0 Å². The Hall–Kier alpha value is -0.0800. The van der Waals surface area contributed by atoms with Gasteiger partial charge in [0.1, 0.15) is 0 Å². The molecule has 1 saturated heterocycles. The number of hydrogen-bond donors (Lipinski definition) is 2.